The van der Waals surface area contributed by atoms with E-state index in [1.165, 1.54) is 17.7 Å². The van der Waals surface area contributed by atoms with Gasteiger partial charge in [-0.3, -0.25) is 14.7 Å². The van der Waals surface area contributed by atoms with Crippen molar-refractivity contribution in [1.82, 2.24) is 15.2 Å². The molecule has 31 heavy (non-hydrogen) atoms. The van der Waals surface area contributed by atoms with E-state index in [-0.39, 0.29) is 11.7 Å². The molecule has 1 amide bonds. The molecule has 1 N–H and O–H groups in total. The number of pyridine rings is 1. The van der Waals surface area contributed by atoms with Crippen molar-refractivity contribution < 1.29 is 9.18 Å². The summed E-state index contributed by atoms with van der Waals surface area (Å²) < 4.78 is 13.3. The first-order valence-corrected chi connectivity index (χ1v) is 10.8. The molecule has 1 aliphatic rings. The Morgan fingerprint density at radius 1 is 1.06 bits per heavy atom. The summed E-state index contributed by atoms with van der Waals surface area (Å²) in [6.45, 7) is 5.02. The molecule has 1 fully saturated rings. The van der Waals surface area contributed by atoms with E-state index in [2.05, 4.69) is 27.3 Å². The van der Waals surface area contributed by atoms with E-state index in [0.717, 1.165) is 42.7 Å². The maximum atomic E-state index is 13.3. The van der Waals surface area contributed by atoms with Crippen LogP contribution in [0.3, 0.4) is 0 Å². The second kappa shape index (κ2) is 9.40. The fourth-order valence-corrected chi connectivity index (χ4v) is 4.49. The van der Waals surface area contributed by atoms with Crippen LogP contribution in [0.1, 0.15) is 24.5 Å². The molecule has 1 aromatic heterocycles. The number of rotatable bonds is 7. The Labute approximate surface area is 183 Å². The number of halogens is 1. The van der Waals surface area contributed by atoms with Crippen molar-refractivity contribution in [3.05, 3.63) is 90.0 Å². The van der Waals surface area contributed by atoms with Gasteiger partial charge in [-0.25, -0.2) is 4.39 Å². The molecule has 1 atom stereocenters. The van der Waals surface area contributed by atoms with Crippen molar-refractivity contribution in [2.24, 2.45) is 5.41 Å². The maximum absolute atomic E-state index is 13.3. The van der Waals surface area contributed by atoms with Crippen LogP contribution in [0.2, 0.25) is 0 Å². The van der Waals surface area contributed by atoms with Crippen molar-refractivity contribution in [1.29, 1.82) is 0 Å². The number of amides is 1. The number of likely N-dealkylation sites (tertiary alicyclic amines) is 1. The summed E-state index contributed by atoms with van der Waals surface area (Å²) in [4.78, 5) is 19.6. The molecular weight excluding hydrogens is 389 g/mol. The molecule has 4 rings (SSSR count). The Morgan fingerprint density at radius 3 is 2.58 bits per heavy atom. The molecule has 1 unspecified atom stereocenters. The summed E-state index contributed by atoms with van der Waals surface area (Å²) in [5.41, 5.74) is 3.89. The standard InChI is InChI=1S/C26H28FN3O/c1-2-29-25(31)26(12-15-30(19-26)18-20-10-13-28-14-11-20)17-21-4-3-5-23(16-21)22-6-8-24(27)9-7-22/h3-11,13-14,16H,2,12,15,17-19H2,1H3,(H,29,31). The van der Waals surface area contributed by atoms with E-state index >= 15 is 0 Å². The predicted octanol–water partition coefficient (Wildman–Crippen LogP) is 4.46. The summed E-state index contributed by atoms with van der Waals surface area (Å²) in [5.74, 6) is -0.116. The molecule has 0 bridgehead atoms. The molecule has 1 saturated heterocycles. The third kappa shape index (κ3) is 5.00. The third-order valence-corrected chi connectivity index (χ3v) is 6.05. The monoisotopic (exact) mass is 417 g/mol. The molecule has 0 aliphatic carbocycles. The van der Waals surface area contributed by atoms with Gasteiger partial charge in [-0.05, 0) is 72.8 Å². The van der Waals surface area contributed by atoms with Crippen LogP contribution < -0.4 is 5.32 Å². The average molecular weight is 418 g/mol. The molecular formula is C26H28FN3O. The minimum absolute atomic E-state index is 0.124. The van der Waals surface area contributed by atoms with Crippen LogP contribution >= 0.6 is 0 Å². The van der Waals surface area contributed by atoms with E-state index in [4.69, 9.17) is 0 Å². The first-order valence-electron chi connectivity index (χ1n) is 10.8. The van der Waals surface area contributed by atoms with Gasteiger partial charge in [0, 0.05) is 32.0 Å². The van der Waals surface area contributed by atoms with Crippen LogP contribution in [0, 0.1) is 11.2 Å². The van der Waals surface area contributed by atoms with Crippen molar-refractivity contribution in [3.8, 4) is 11.1 Å². The maximum Gasteiger partial charge on any atom is 0.227 e. The predicted molar refractivity (Wildman–Crippen MR) is 121 cm³/mol. The molecule has 5 heteroatoms. The van der Waals surface area contributed by atoms with Crippen LogP contribution in [-0.4, -0.2) is 35.4 Å². The van der Waals surface area contributed by atoms with Crippen LogP contribution in [0.25, 0.3) is 11.1 Å². The van der Waals surface area contributed by atoms with E-state index in [1.54, 1.807) is 12.1 Å². The van der Waals surface area contributed by atoms with E-state index in [0.29, 0.717) is 13.0 Å². The van der Waals surface area contributed by atoms with Crippen molar-refractivity contribution in [2.75, 3.05) is 19.6 Å². The first kappa shape index (κ1) is 21.2. The van der Waals surface area contributed by atoms with E-state index < -0.39 is 5.41 Å². The molecule has 0 radical (unpaired) electrons. The number of nitrogens with one attached hydrogen (secondary N) is 1. The van der Waals surface area contributed by atoms with Gasteiger partial charge in [0.2, 0.25) is 5.91 Å². The average Bonchev–Trinajstić information content (AvgIpc) is 3.19. The van der Waals surface area contributed by atoms with Crippen LogP contribution in [0.5, 0.6) is 0 Å². The second-order valence-electron chi connectivity index (χ2n) is 8.34. The lowest BCUT2D eigenvalue weighted by atomic mass is 9.79. The topological polar surface area (TPSA) is 45.2 Å². The Kier molecular flexibility index (Phi) is 6.42. The highest BCUT2D eigenvalue weighted by Gasteiger charge is 2.44. The SMILES string of the molecule is CCNC(=O)C1(Cc2cccc(-c3ccc(F)cc3)c2)CCN(Cc2ccncc2)C1. The van der Waals surface area contributed by atoms with Crippen molar-refractivity contribution in [3.63, 3.8) is 0 Å². The van der Waals surface area contributed by atoms with Gasteiger partial charge < -0.3 is 5.32 Å². The van der Waals surface area contributed by atoms with E-state index in [1.807, 2.05) is 43.6 Å². The lowest BCUT2D eigenvalue weighted by Crippen LogP contribution is -2.44. The zero-order valence-corrected chi connectivity index (χ0v) is 17.9. The van der Waals surface area contributed by atoms with Gasteiger partial charge >= 0.3 is 0 Å². The fraction of sp³-hybridized carbons (Fsp3) is 0.308. The van der Waals surface area contributed by atoms with Crippen molar-refractivity contribution >= 4 is 5.91 Å². The number of nitrogens with zero attached hydrogens (tertiary/aromatic N) is 2. The highest BCUT2D eigenvalue weighted by Crippen LogP contribution is 2.36. The molecule has 1 aliphatic heterocycles. The van der Waals surface area contributed by atoms with Gasteiger partial charge in [-0.15, -0.1) is 0 Å². The van der Waals surface area contributed by atoms with Gasteiger partial charge in [0.05, 0.1) is 5.41 Å². The Morgan fingerprint density at radius 2 is 1.84 bits per heavy atom. The molecule has 3 aromatic rings. The van der Waals surface area contributed by atoms with Gasteiger partial charge in [0.15, 0.2) is 0 Å². The Balaban J connectivity index is 1.56. The molecule has 2 aromatic carbocycles. The normalized spacial score (nSPS) is 18.8. The van der Waals surface area contributed by atoms with Gasteiger partial charge in [0.25, 0.3) is 0 Å². The second-order valence-corrected chi connectivity index (χ2v) is 8.34. The lowest BCUT2D eigenvalue weighted by molar-refractivity contribution is -0.130. The highest BCUT2D eigenvalue weighted by molar-refractivity contribution is 5.83. The molecule has 0 saturated carbocycles. The lowest BCUT2D eigenvalue weighted by Gasteiger charge is -2.28. The molecule has 4 nitrogen and oxygen atoms in total. The van der Waals surface area contributed by atoms with Gasteiger partial charge in [-0.2, -0.15) is 0 Å². The number of hydrogen-bond acceptors (Lipinski definition) is 3. The third-order valence-electron chi connectivity index (χ3n) is 6.05. The smallest absolute Gasteiger partial charge is 0.227 e. The minimum Gasteiger partial charge on any atom is -0.356 e. The number of carbonyl (C=O) groups is 1. The highest BCUT2D eigenvalue weighted by atomic mass is 19.1. The summed E-state index contributed by atoms with van der Waals surface area (Å²) >= 11 is 0. The van der Waals surface area contributed by atoms with Crippen LogP contribution in [0.15, 0.2) is 73.1 Å². The Bertz CT molecular complexity index is 1020. The van der Waals surface area contributed by atoms with Crippen LogP contribution in [-0.2, 0) is 17.8 Å². The fourth-order valence-electron chi connectivity index (χ4n) is 4.49. The quantitative estimate of drug-likeness (QED) is 0.617. The summed E-state index contributed by atoms with van der Waals surface area (Å²) in [7, 11) is 0. The van der Waals surface area contributed by atoms with Gasteiger partial charge in [-0.1, -0.05) is 36.4 Å². The number of aromatic nitrogens is 1. The number of benzene rings is 2. The summed E-state index contributed by atoms with van der Waals surface area (Å²) in [6, 6.07) is 18.8. The molecule has 0 spiro atoms. The van der Waals surface area contributed by atoms with Gasteiger partial charge in [0.1, 0.15) is 5.82 Å². The van der Waals surface area contributed by atoms with E-state index in [9.17, 15) is 9.18 Å². The largest absolute Gasteiger partial charge is 0.356 e. The summed E-state index contributed by atoms with van der Waals surface area (Å²) in [5, 5.41) is 3.07. The van der Waals surface area contributed by atoms with Crippen molar-refractivity contribution in [2.45, 2.75) is 26.3 Å². The number of hydrogen-bond donors (Lipinski definition) is 1. The molecule has 160 valence electrons. The zero-order valence-electron chi connectivity index (χ0n) is 17.9. The number of carbonyl (C=O) groups excluding carboxylic acids is 1. The molecule has 2 heterocycles. The first-order chi connectivity index (χ1) is 15.1. The van der Waals surface area contributed by atoms with Crippen LogP contribution in [0.4, 0.5) is 4.39 Å². The zero-order chi connectivity index (χ0) is 21.7. The summed E-state index contributed by atoms with van der Waals surface area (Å²) in [6.07, 6.45) is 5.12. The minimum atomic E-state index is -0.454. The Hall–Kier alpha value is -3.05.